The Morgan fingerprint density at radius 3 is 2.94 bits per heavy atom. The Morgan fingerprint density at radius 1 is 1.29 bits per heavy atom. The number of nitrogens with one attached hydrogen (secondary N) is 1. The summed E-state index contributed by atoms with van der Waals surface area (Å²) in [6.07, 6.45) is 6.99. The highest BCUT2D eigenvalue weighted by Crippen LogP contribution is 2.38. The summed E-state index contributed by atoms with van der Waals surface area (Å²) in [5.74, 6) is 1.77. The predicted molar refractivity (Wildman–Crippen MR) is 65.9 cm³/mol. The second-order valence-electron chi connectivity index (χ2n) is 5.16. The molecule has 3 rings (SSSR count). The minimum Gasteiger partial charge on any atom is -0.378 e. The van der Waals surface area contributed by atoms with Crippen LogP contribution in [-0.4, -0.2) is 28.7 Å². The van der Waals surface area contributed by atoms with Gasteiger partial charge in [-0.3, -0.25) is 0 Å². The van der Waals surface area contributed by atoms with E-state index in [1.807, 2.05) is 13.0 Å². The number of aromatic nitrogens is 2. The lowest BCUT2D eigenvalue weighted by Gasteiger charge is -2.30. The number of hydrogen-bond donors (Lipinski definition) is 1. The van der Waals surface area contributed by atoms with E-state index in [0.717, 1.165) is 36.9 Å². The lowest BCUT2D eigenvalue weighted by Crippen LogP contribution is -2.35. The fourth-order valence-electron chi connectivity index (χ4n) is 2.50. The summed E-state index contributed by atoms with van der Waals surface area (Å²) >= 11 is 0. The van der Waals surface area contributed by atoms with Crippen LogP contribution in [0.5, 0.6) is 0 Å². The smallest absolute Gasteiger partial charge is 0.129 e. The molecule has 4 nitrogen and oxygen atoms in total. The van der Waals surface area contributed by atoms with E-state index < -0.39 is 0 Å². The van der Waals surface area contributed by atoms with E-state index in [4.69, 9.17) is 4.74 Å². The van der Waals surface area contributed by atoms with Crippen LogP contribution in [0, 0.1) is 12.8 Å². The summed E-state index contributed by atoms with van der Waals surface area (Å²) in [5, 5.41) is 3.50. The van der Waals surface area contributed by atoms with Crippen LogP contribution in [0.4, 0.5) is 5.82 Å². The molecular weight excluding hydrogens is 214 g/mol. The number of nitrogens with zero attached hydrogens (tertiary/aromatic N) is 2. The maximum absolute atomic E-state index is 5.82. The lowest BCUT2D eigenvalue weighted by atomic mass is 10.00. The molecule has 92 valence electrons. The molecule has 0 spiro atoms. The van der Waals surface area contributed by atoms with Gasteiger partial charge < -0.3 is 10.1 Å². The molecule has 2 aliphatic rings. The van der Waals surface area contributed by atoms with Crippen molar-refractivity contribution in [1.29, 1.82) is 0 Å². The van der Waals surface area contributed by atoms with Crippen molar-refractivity contribution < 1.29 is 4.74 Å². The first-order valence-corrected chi connectivity index (χ1v) is 6.48. The lowest BCUT2D eigenvalue weighted by molar-refractivity contribution is -0.00223. The van der Waals surface area contributed by atoms with E-state index in [-0.39, 0.29) is 0 Å². The van der Waals surface area contributed by atoms with Crippen molar-refractivity contribution in [2.24, 2.45) is 5.92 Å². The third-order valence-corrected chi connectivity index (χ3v) is 3.62. The van der Waals surface area contributed by atoms with Gasteiger partial charge in [0, 0.05) is 24.4 Å². The third kappa shape index (κ3) is 2.75. The zero-order valence-electron chi connectivity index (χ0n) is 10.2. The Kier molecular flexibility index (Phi) is 2.97. The highest BCUT2D eigenvalue weighted by molar-refractivity contribution is 5.35. The van der Waals surface area contributed by atoms with E-state index >= 15 is 0 Å². The van der Waals surface area contributed by atoms with Gasteiger partial charge >= 0.3 is 0 Å². The van der Waals surface area contributed by atoms with Crippen molar-refractivity contribution in [2.45, 2.75) is 44.8 Å². The molecule has 2 unspecified atom stereocenters. The molecule has 0 amide bonds. The quantitative estimate of drug-likeness (QED) is 0.869. The zero-order valence-corrected chi connectivity index (χ0v) is 10.2. The molecule has 4 heteroatoms. The highest BCUT2D eigenvalue weighted by Gasteiger charge is 2.35. The maximum atomic E-state index is 5.82. The molecule has 1 N–H and O–H groups in total. The number of hydrogen-bond acceptors (Lipinski definition) is 4. The Balaban J connectivity index is 1.60. The summed E-state index contributed by atoms with van der Waals surface area (Å²) in [6, 6.07) is 2.50. The van der Waals surface area contributed by atoms with Gasteiger partial charge in [0.2, 0.25) is 0 Å². The first kappa shape index (κ1) is 11.0. The van der Waals surface area contributed by atoms with Crippen LogP contribution in [0.3, 0.4) is 0 Å². The molecule has 17 heavy (non-hydrogen) atoms. The molecule has 0 bridgehead atoms. The summed E-state index contributed by atoms with van der Waals surface area (Å²) < 4.78 is 5.82. The summed E-state index contributed by atoms with van der Waals surface area (Å²) in [4.78, 5) is 8.37. The van der Waals surface area contributed by atoms with E-state index in [2.05, 4.69) is 15.3 Å². The minimum atomic E-state index is 0.476. The minimum absolute atomic E-state index is 0.476. The first-order chi connectivity index (χ1) is 8.31. The second kappa shape index (κ2) is 4.61. The predicted octanol–water partition coefficient (Wildman–Crippen LogP) is 2.15. The molecule has 1 saturated heterocycles. The van der Waals surface area contributed by atoms with Crippen LogP contribution >= 0.6 is 0 Å². The van der Waals surface area contributed by atoms with Crippen molar-refractivity contribution in [3.05, 3.63) is 18.1 Å². The Labute approximate surface area is 102 Å². The van der Waals surface area contributed by atoms with Crippen molar-refractivity contribution in [3.63, 3.8) is 0 Å². The molecule has 1 aliphatic heterocycles. The second-order valence-corrected chi connectivity index (χ2v) is 5.16. The summed E-state index contributed by atoms with van der Waals surface area (Å²) in [7, 11) is 0. The van der Waals surface area contributed by atoms with Gasteiger partial charge in [0.25, 0.3) is 0 Å². The standard InChI is InChI=1S/C13H19N3O/c1-9-6-13(15-8-14-9)16-11-4-5-17-12(7-11)10-2-3-10/h6,8,10-12H,2-5,7H2,1H3,(H,14,15,16). The van der Waals surface area contributed by atoms with Crippen LogP contribution < -0.4 is 5.32 Å². The molecule has 1 saturated carbocycles. The molecule has 2 atom stereocenters. The van der Waals surface area contributed by atoms with Gasteiger partial charge in [-0.1, -0.05) is 0 Å². The van der Waals surface area contributed by atoms with Gasteiger partial charge in [0.05, 0.1) is 6.10 Å². The van der Waals surface area contributed by atoms with Crippen molar-refractivity contribution >= 4 is 5.82 Å². The van der Waals surface area contributed by atoms with Gasteiger partial charge in [0.15, 0.2) is 0 Å². The molecule has 2 fully saturated rings. The Morgan fingerprint density at radius 2 is 2.18 bits per heavy atom. The van der Waals surface area contributed by atoms with E-state index in [1.165, 1.54) is 12.8 Å². The molecule has 2 heterocycles. The zero-order chi connectivity index (χ0) is 11.7. The molecule has 1 aromatic rings. The van der Waals surface area contributed by atoms with Gasteiger partial charge in [0.1, 0.15) is 12.1 Å². The van der Waals surface area contributed by atoms with Gasteiger partial charge in [-0.2, -0.15) is 0 Å². The van der Waals surface area contributed by atoms with Gasteiger partial charge in [-0.15, -0.1) is 0 Å². The van der Waals surface area contributed by atoms with Gasteiger partial charge in [-0.25, -0.2) is 9.97 Å². The monoisotopic (exact) mass is 233 g/mol. The van der Waals surface area contributed by atoms with Crippen molar-refractivity contribution in [3.8, 4) is 0 Å². The molecule has 0 radical (unpaired) electrons. The first-order valence-electron chi connectivity index (χ1n) is 6.48. The molecular formula is C13H19N3O. The SMILES string of the molecule is Cc1cc(NC2CCOC(C3CC3)C2)ncn1. The average molecular weight is 233 g/mol. The summed E-state index contributed by atoms with van der Waals surface area (Å²) in [5.41, 5.74) is 1.01. The van der Waals surface area contributed by atoms with Crippen molar-refractivity contribution in [1.82, 2.24) is 9.97 Å². The van der Waals surface area contributed by atoms with E-state index in [9.17, 15) is 0 Å². The van der Waals surface area contributed by atoms with Crippen LogP contribution in [0.15, 0.2) is 12.4 Å². The molecule has 0 aromatic carbocycles. The summed E-state index contributed by atoms with van der Waals surface area (Å²) in [6.45, 7) is 2.87. The molecule has 1 aliphatic carbocycles. The average Bonchev–Trinajstić information content (AvgIpc) is 3.13. The highest BCUT2D eigenvalue weighted by atomic mass is 16.5. The topological polar surface area (TPSA) is 47.0 Å². The van der Waals surface area contributed by atoms with Gasteiger partial charge in [-0.05, 0) is 38.5 Å². The van der Waals surface area contributed by atoms with E-state index in [0.29, 0.717) is 12.1 Å². The number of aryl methyl sites for hydroxylation is 1. The van der Waals surface area contributed by atoms with Crippen LogP contribution in [0.2, 0.25) is 0 Å². The van der Waals surface area contributed by atoms with Crippen LogP contribution in [0.25, 0.3) is 0 Å². The van der Waals surface area contributed by atoms with E-state index in [1.54, 1.807) is 6.33 Å². The molecule has 1 aromatic heterocycles. The fraction of sp³-hybridized carbons (Fsp3) is 0.692. The number of rotatable bonds is 3. The van der Waals surface area contributed by atoms with Crippen LogP contribution in [-0.2, 0) is 4.74 Å². The van der Waals surface area contributed by atoms with Crippen molar-refractivity contribution in [2.75, 3.05) is 11.9 Å². The van der Waals surface area contributed by atoms with Crippen LogP contribution in [0.1, 0.15) is 31.4 Å². The Bertz CT molecular complexity index is 392. The largest absolute Gasteiger partial charge is 0.378 e. The number of ether oxygens (including phenoxy) is 1. The Hall–Kier alpha value is -1.16. The number of anilines is 1. The fourth-order valence-corrected chi connectivity index (χ4v) is 2.50. The maximum Gasteiger partial charge on any atom is 0.129 e. The normalized spacial score (nSPS) is 29.0. The third-order valence-electron chi connectivity index (χ3n) is 3.62.